The lowest BCUT2D eigenvalue weighted by atomic mass is 9.96. The van der Waals surface area contributed by atoms with Crippen molar-refractivity contribution < 1.29 is 28.6 Å². The first-order chi connectivity index (χ1) is 23.0. The van der Waals surface area contributed by atoms with Crippen LogP contribution in [0.1, 0.15) is 59.0 Å². The van der Waals surface area contributed by atoms with Crippen molar-refractivity contribution in [3.63, 3.8) is 0 Å². The number of nitrogens with zero attached hydrogens (tertiary/aromatic N) is 5. The maximum Gasteiger partial charge on any atom is 0.346 e. The molecule has 0 spiro atoms. The summed E-state index contributed by atoms with van der Waals surface area (Å²) in [6.07, 6.45) is 0.615. The Balaban J connectivity index is 0.000000278. The van der Waals surface area contributed by atoms with Crippen molar-refractivity contribution in [3.8, 4) is 17.6 Å². The Bertz CT molecular complexity index is 1690. The molecule has 1 unspecified atom stereocenters. The molecule has 0 radical (unpaired) electrons. The smallest absolute Gasteiger partial charge is 0.346 e. The van der Waals surface area contributed by atoms with Crippen LogP contribution in [0.2, 0.25) is 0 Å². The second-order valence-corrected chi connectivity index (χ2v) is 14.8. The Morgan fingerprint density at radius 2 is 1.76 bits per heavy atom. The van der Waals surface area contributed by atoms with Crippen LogP contribution in [0.5, 0.6) is 11.5 Å². The van der Waals surface area contributed by atoms with Gasteiger partial charge >= 0.3 is 18.0 Å². The van der Waals surface area contributed by atoms with Crippen molar-refractivity contribution in [1.82, 2.24) is 19.7 Å². The van der Waals surface area contributed by atoms with Crippen LogP contribution < -0.4 is 4.74 Å². The largest absolute Gasteiger partial charge is 0.465 e. The minimum absolute atomic E-state index is 0.0941. The predicted molar refractivity (Wildman–Crippen MR) is 189 cm³/mol. The first-order valence-corrected chi connectivity index (χ1v) is 17.2. The summed E-state index contributed by atoms with van der Waals surface area (Å²) in [5, 5.41) is 14.2. The maximum absolute atomic E-state index is 12.6. The van der Waals surface area contributed by atoms with Gasteiger partial charge in [0.15, 0.2) is 11.0 Å². The molecule has 3 atom stereocenters. The van der Waals surface area contributed by atoms with Crippen LogP contribution in [-0.2, 0) is 24.5 Å². The molecule has 11 nitrogen and oxygen atoms in total. The average molecular weight is 731 g/mol. The Morgan fingerprint density at radius 3 is 2.33 bits per heavy atom. The summed E-state index contributed by atoms with van der Waals surface area (Å²) < 4.78 is 17.5. The summed E-state index contributed by atoms with van der Waals surface area (Å²) in [5.41, 5.74) is -0.0493. The van der Waals surface area contributed by atoms with E-state index >= 15 is 0 Å². The van der Waals surface area contributed by atoms with Gasteiger partial charge in [0.2, 0.25) is 6.10 Å². The number of allylic oxidation sites excluding steroid dienone is 1. The maximum atomic E-state index is 12.6. The van der Waals surface area contributed by atoms with Gasteiger partial charge in [-0.25, -0.2) is 9.78 Å². The number of thioether (sulfide) groups is 1. The lowest BCUT2D eigenvalue weighted by Crippen LogP contribution is -2.29. The number of esters is 2. The van der Waals surface area contributed by atoms with Crippen molar-refractivity contribution in [1.29, 1.82) is 5.26 Å². The van der Waals surface area contributed by atoms with Gasteiger partial charge in [0.05, 0.1) is 18.3 Å². The predicted octanol–water partition coefficient (Wildman–Crippen LogP) is 7.94. The van der Waals surface area contributed by atoms with Gasteiger partial charge in [-0.05, 0) is 48.6 Å². The topological polar surface area (TPSA) is 137 Å². The molecule has 0 N–H and O–H groups in total. The Hall–Kier alpha value is -4.05. The number of nitriles is 1. The summed E-state index contributed by atoms with van der Waals surface area (Å²) in [7, 11) is 3.28. The number of para-hydroxylation sites is 1. The quantitative estimate of drug-likeness (QED) is 0.149. The molecule has 1 amide bonds. The van der Waals surface area contributed by atoms with E-state index in [2.05, 4.69) is 10.1 Å². The van der Waals surface area contributed by atoms with E-state index in [-0.39, 0.29) is 44.9 Å². The normalized spacial score (nSPS) is 16.5. The molecule has 1 saturated carbocycles. The molecule has 0 saturated heterocycles. The van der Waals surface area contributed by atoms with Crippen molar-refractivity contribution in [2.45, 2.75) is 58.2 Å². The minimum Gasteiger partial charge on any atom is -0.465 e. The lowest BCUT2D eigenvalue weighted by molar-refractivity contribution is -0.149. The molecular formula is C35H41Cl2N5O6S. The van der Waals surface area contributed by atoms with E-state index in [0.29, 0.717) is 34.7 Å². The number of halogens is 2. The zero-order valence-corrected chi connectivity index (χ0v) is 31.1. The SMILES string of the molecule is CC1(C)[C@H](C(=O)OC(C#N)c2cccc(Oc3ccccc3)c2)[C@@H]1C=C(Cl)Cl.CCOC(=O)CSc1nc(C(C)(C)C)nn1C(=O)N(C)C. The van der Waals surface area contributed by atoms with Gasteiger partial charge in [-0.1, -0.05) is 99.9 Å². The highest BCUT2D eigenvalue weighted by Gasteiger charge is 2.62. The summed E-state index contributed by atoms with van der Waals surface area (Å²) >= 11 is 12.6. The molecule has 4 rings (SSSR count). The lowest BCUT2D eigenvalue weighted by Gasteiger charge is -2.13. The summed E-state index contributed by atoms with van der Waals surface area (Å²) in [5.74, 6) is 0.602. The van der Waals surface area contributed by atoms with Gasteiger partial charge in [0, 0.05) is 25.1 Å². The van der Waals surface area contributed by atoms with Gasteiger partial charge in [0.25, 0.3) is 0 Å². The molecule has 14 heteroatoms. The molecule has 1 fully saturated rings. The zero-order valence-electron chi connectivity index (χ0n) is 28.8. The Labute approximate surface area is 301 Å². The van der Waals surface area contributed by atoms with E-state index < -0.39 is 12.1 Å². The van der Waals surface area contributed by atoms with Crippen LogP contribution in [0.3, 0.4) is 0 Å². The first-order valence-electron chi connectivity index (χ1n) is 15.4. The van der Waals surface area contributed by atoms with E-state index in [9.17, 15) is 19.6 Å². The van der Waals surface area contributed by atoms with Crippen LogP contribution in [0, 0.1) is 28.6 Å². The first kappa shape index (κ1) is 39.4. The molecule has 1 aliphatic carbocycles. The van der Waals surface area contributed by atoms with Crippen molar-refractivity contribution in [3.05, 3.63) is 76.6 Å². The standard InChI is InChI=1S/C22H19Cl2NO3.C13H22N4O3S/c1-22(2)17(12-19(23)24)20(22)21(26)28-18(13-25)14-7-6-10-16(11-14)27-15-8-4-3-5-9-15;1-7-20-9(18)8-21-11-14-10(13(2,3)4)15-17(11)12(19)16(5)6/h3-12,17-18,20H,1-2H3;7-8H2,1-6H3/t17-,18?,20-;/m0./s1. The molecule has 1 aliphatic rings. The monoisotopic (exact) mass is 729 g/mol. The van der Waals surface area contributed by atoms with Crippen molar-refractivity contribution in [2.24, 2.45) is 17.3 Å². The number of carbonyl (C=O) groups is 3. The van der Waals surface area contributed by atoms with Crippen LogP contribution in [0.15, 0.2) is 70.3 Å². The van der Waals surface area contributed by atoms with E-state index in [1.54, 1.807) is 51.4 Å². The van der Waals surface area contributed by atoms with Crippen LogP contribution >= 0.6 is 35.0 Å². The molecular weight excluding hydrogens is 689 g/mol. The minimum atomic E-state index is -1.03. The average Bonchev–Trinajstić information content (AvgIpc) is 3.33. The van der Waals surface area contributed by atoms with Crippen LogP contribution in [0.25, 0.3) is 0 Å². The third-order valence-electron chi connectivity index (χ3n) is 7.40. The fraction of sp³-hybridized carbons (Fsp3) is 0.429. The number of rotatable bonds is 10. The number of carbonyl (C=O) groups excluding carboxylic acids is 3. The molecule has 49 heavy (non-hydrogen) atoms. The summed E-state index contributed by atoms with van der Waals surface area (Å²) in [6, 6.07) is 18.0. The molecule has 3 aromatic rings. The number of benzene rings is 2. The van der Waals surface area contributed by atoms with E-state index in [0.717, 1.165) is 11.8 Å². The Morgan fingerprint density at radius 1 is 1.10 bits per heavy atom. The highest BCUT2D eigenvalue weighted by Crippen LogP contribution is 2.60. The fourth-order valence-corrected chi connectivity index (χ4v) is 5.64. The molecule has 2 aromatic carbocycles. The van der Waals surface area contributed by atoms with E-state index in [4.69, 9.17) is 37.4 Å². The number of hydrogen-bond donors (Lipinski definition) is 0. The van der Waals surface area contributed by atoms with Gasteiger partial charge in [-0.15, -0.1) is 5.10 Å². The van der Waals surface area contributed by atoms with Crippen LogP contribution in [0.4, 0.5) is 4.79 Å². The molecule has 1 heterocycles. The van der Waals surface area contributed by atoms with E-state index in [1.165, 1.54) is 9.58 Å². The van der Waals surface area contributed by atoms with E-state index in [1.807, 2.05) is 71.0 Å². The van der Waals surface area contributed by atoms with Crippen molar-refractivity contribution >= 4 is 52.9 Å². The number of aromatic nitrogens is 3. The zero-order chi connectivity index (χ0) is 36.5. The highest BCUT2D eigenvalue weighted by molar-refractivity contribution is 7.99. The Kier molecular flexibility index (Phi) is 13.7. The van der Waals surface area contributed by atoms with Gasteiger partial charge in [-0.3, -0.25) is 9.59 Å². The van der Waals surface area contributed by atoms with Gasteiger partial charge < -0.3 is 19.1 Å². The molecule has 0 bridgehead atoms. The second-order valence-electron chi connectivity index (χ2n) is 12.9. The van der Waals surface area contributed by atoms with Crippen LogP contribution in [-0.4, -0.2) is 64.1 Å². The number of ether oxygens (including phenoxy) is 3. The third-order valence-corrected chi connectivity index (χ3v) is 8.55. The number of hydrogen-bond acceptors (Lipinski definition) is 10. The van der Waals surface area contributed by atoms with Gasteiger partial charge in [0.1, 0.15) is 22.1 Å². The summed E-state index contributed by atoms with van der Waals surface area (Å²) in [4.78, 5) is 42.0. The number of amides is 1. The van der Waals surface area contributed by atoms with Crippen molar-refractivity contribution in [2.75, 3.05) is 26.5 Å². The highest BCUT2D eigenvalue weighted by atomic mass is 35.5. The van der Waals surface area contributed by atoms with Gasteiger partial charge in [-0.2, -0.15) is 9.94 Å². The molecule has 1 aromatic heterocycles. The second kappa shape index (κ2) is 17.1. The molecule has 262 valence electrons. The molecule has 0 aliphatic heterocycles. The fourth-order valence-electron chi connectivity index (χ4n) is 4.65. The summed E-state index contributed by atoms with van der Waals surface area (Å²) in [6.45, 7) is 11.8. The third kappa shape index (κ3) is 11.0.